The second kappa shape index (κ2) is 6.03. The normalized spacial score (nSPS) is 12.1. The Bertz CT molecular complexity index is 474. The SMILES string of the molecule is CCOC(=O)C(C)(C)ON=C(C(=O)O)c1ccco1. The minimum Gasteiger partial charge on any atom is -0.476 e. The van der Waals surface area contributed by atoms with Gasteiger partial charge >= 0.3 is 11.9 Å². The molecule has 1 rings (SSSR count). The van der Waals surface area contributed by atoms with Crippen LogP contribution in [0.2, 0.25) is 0 Å². The van der Waals surface area contributed by atoms with Crippen LogP contribution in [0, 0.1) is 0 Å². The van der Waals surface area contributed by atoms with Gasteiger partial charge in [0.25, 0.3) is 0 Å². The number of ether oxygens (including phenoxy) is 1. The quantitative estimate of drug-likeness (QED) is 0.476. The van der Waals surface area contributed by atoms with Gasteiger partial charge in [0.15, 0.2) is 5.76 Å². The molecular weight excluding hydrogens is 254 g/mol. The molecular formula is C12H15NO6. The van der Waals surface area contributed by atoms with Crippen molar-refractivity contribution in [1.82, 2.24) is 0 Å². The third kappa shape index (κ3) is 3.84. The number of carboxylic acid groups (broad SMARTS) is 1. The summed E-state index contributed by atoms with van der Waals surface area (Å²) >= 11 is 0. The van der Waals surface area contributed by atoms with Gasteiger partial charge in [0.1, 0.15) is 0 Å². The van der Waals surface area contributed by atoms with Crippen molar-refractivity contribution < 1.29 is 28.7 Å². The van der Waals surface area contributed by atoms with E-state index in [0.29, 0.717) is 0 Å². The molecule has 104 valence electrons. The lowest BCUT2D eigenvalue weighted by Crippen LogP contribution is -2.36. The van der Waals surface area contributed by atoms with Gasteiger partial charge in [-0.25, -0.2) is 9.59 Å². The van der Waals surface area contributed by atoms with Crippen LogP contribution in [0.4, 0.5) is 0 Å². The zero-order valence-corrected chi connectivity index (χ0v) is 10.9. The molecule has 0 aliphatic rings. The van der Waals surface area contributed by atoms with Crippen molar-refractivity contribution in [2.45, 2.75) is 26.4 Å². The van der Waals surface area contributed by atoms with Crippen LogP contribution in [0.25, 0.3) is 0 Å². The van der Waals surface area contributed by atoms with E-state index in [4.69, 9.17) is 19.1 Å². The smallest absolute Gasteiger partial charge is 0.361 e. The Labute approximate surface area is 109 Å². The average Bonchev–Trinajstić information content (AvgIpc) is 2.82. The molecule has 0 fully saturated rings. The van der Waals surface area contributed by atoms with Crippen molar-refractivity contribution in [3.05, 3.63) is 24.2 Å². The minimum atomic E-state index is -1.39. The Morgan fingerprint density at radius 2 is 2.16 bits per heavy atom. The van der Waals surface area contributed by atoms with Crippen LogP contribution in [0.15, 0.2) is 28.0 Å². The lowest BCUT2D eigenvalue weighted by Gasteiger charge is -2.19. The van der Waals surface area contributed by atoms with Crippen LogP contribution in [0.3, 0.4) is 0 Å². The summed E-state index contributed by atoms with van der Waals surface area (Å²) in [5.41, 5.74) is -1.81. The van der Waals surface area contributed by atoms with Crippen LogP contribution in [-0.2, 0) is 19.2 Å². The van der Waals surface area contributed by atoms with E-state index in [0.717, 1.165) is 0 Å². The summed E-state index contributed by atoms with van der Waals surface area (Å²) in [4.78, 5) is 27.5. The first kappa shape index (κ1) is 14.7. The summed E-state index contributed by atoms with van der Waals surface area (Å²) in [7, 11) is 0. The maximum atomic E-state index is 11.5. The number of oxime groups is 1. The molecule has 1 N–H and O–H groups in total. The van der Waals surface area contributed by atoms with Crippen molar-refractivity contribution in [2.24, 2.45) is 5.16 Å². The van der Waals surface area contributed by atoms with Crippen LogP contribution < -0.4 is 0 Å². The van der Waals surface area contributed by atoms with E-state index >= 15 is 0 Å². The number of furan rings is 1. The summed E-state index contributed by atoms with van der Waals surface area (Å²) in [5.74, 6) is -1.93. The third-order valence-corrected chi connectivity index (χ3v) is 2.09. The Kier molecular flexibility index (Phi) is 4.68. The van der Waals surface area contributed by atoms with E-state index in [1.54, 1.807) is 6.92 Å². The van der Waals surface area contributed by atoms with Gasteiger partial charge in [-0.1, -0.05) is 5.16 Å². The Hall–Kier alpha value is -2.31. The van der Waals surface area contributed by atoms with E-state index in [1.807, 2.05) is 0 Å². The molecule has 0 radical (unpaired) electrons. The molecule has 0 amide bonds. The fourth-order valence-electron chi connectivity index (χ4n) is 1.10. The first-order chi connectivity index (χ1) is 8.88. The van der Waals surface area contributed by atoms with Gasteiger partial charge in [-0.05, 0) is 32.9 Å². The number of aliphatic carboxylic acids is 1. The van der Waals surface area contributed by atoms with Crippen molar-refractivity contribution in [3.8, 4) is 0 Å². The largest absolute Gasteiger partial charge is 0.476 e. The number of carboxylic acids is 1. The van der Waals surface area contributed by atoms with Crippen LogP contribution in [0.5, 0.6) is 0 Å². The lowest BCUT2D eigenvalue weighted by molar-refractivity contribution is -0.167. The van der Waals surface area contributed by atoms with E-state index < -0.39 is 23.3 Å². The molecule has 0 saturated heterocycles. The molecule has 1 aromatic rings. The van der Waals surface area contributed by atoms with E-state index in [9.17, 15) is 9.59 Å². The standard InChI is InChI=1S/C12H15NO6/c1-4-17-11(16)12(2,3)19-13-9(10(14)15)8-6-5-7-18-8/h5-7H,4H2,1-3H3,(H,14,15). The van der Waals surface area contributed by atoms with Crippen molar-refractivity contribution in [2.75, 3.05) is 6.61 Å². The zero-order chi connectivity index (χ0) is 14.5. The number of carbonyl (C=O) groups is 2. The highest BCUT2D eigenvalue weighted by Gasteiger charge is 2.33. The van der Waals surface area contributed by atoms with Gasteiger partial charge in [-0.15, -0.1) is 0 Å². The topological polar surface area (TPSA) is 98.3 Å². The van der Waals surface area contributed by atoms with Gasteiger partial charge in [0.05, 0.1) is 12.9 Å². The summed E-state index contributed by atoms with van der Waals surface area (Å²) in [6.45, 7) is 4.70. The Morgan fingerprint density at radius 3 is 2.63 bits per heavy atom. The van der Waals surface area contributed by atoms with Gasteiger partial charge in [0, 0.05) is 0 Å². The number of hydrogen-bond donors (Lipinski definition) is 1. The molecule has 7 heteroatoms. The zero-order valence-electron chi connectivity index (χ0n) is 10.9. The van der Waals surface area contributed by atoms with E-state index in [1.165, 1.54) is 32.2 Å². The highest BCUT2D eigenvalue weighted by atomic mass is 16.7. The van der Waals surface area contributed by atoms with E-state index in [2.05, 4.69) is 5.16 Å². The molecule has 0 spiro atoms. The summed E-state index contributed by atoms with van der Waals surface area (Å²) in [6.07, 6.45) is 1.31. The Morgan fingerprint density at radius 1 is 1.47 bits per heavy atom. The molecule has 0 atom stereocenters. The number of esters is 1. The third-order valence-electron chi connectivity index (χ3n) is 2.09. The monoisotopic (exact) mass is 269 g/mol. The Balaban J connectivity index is 2.88. The van der Waals surface area contributed by atoms with Crippen molar-refractivity contribution in [3.63, 3.8) is 0 Å². The van der Waals surface area contributed by atoms with E-state index in [-0.39, 0.29) is 12.4 Å². The van der Waals surface area contributed by atoms with Crippen molar-refractivity contribution >= 4 is 17.7 Å². The number of nitrogens with zero attached hydrogens (tertiary/aromatic N) is 1. The number of rotatable bonds is 6. The lowest BCUT2D eigenvalue weighted by atomic mass is 10.1. The summed E-state index contributed by atoms with van der Waals surface area (Å²) in [5, 5.41) is 12.5. The number of carbonyl (C=O) groups excluding carboxylic acids is 1. The van der Waals surface area contributed by atoms with Crippen molar-refractivity contribution in [1.29, 1.82) is 0 Å². The molecule has 0 unspecified atom stereocenters. The molecule has 1 aromatic heterocycles. The maximum Gasteiger partial charge on any atom is 0.361 e. The van der Waals surface area contributed by atoms with Gasteiger partial charge in [-0.3, -0.25) is 0 Å². The van der Waals surface area contributed by atoms with Crippen LogP contribution >= 0.6 is 0 Å². The molecule has 0 saturated carbocycles. The van der Waals surface area contributed by atoms with Crippen LogP contribution in [-0.4, -0.2) is 35.0 Å². The minimum absolute atomic E-state index is 0.0344. The molecule has 0 bridgehead atoms. The predicted octanol–water partition coefficient (Wildman–Crippen LogP) is 1.43. The molecule has 0 aromatic carbocycles. The molecule has 1 heterocycles. The highest BCUT2D eigenvalue weighted by molar-refractivity contribution is 6.41. The second-order valence-electron chi connectivity index (χ2n) is 4.04. The van der Waals surface area contributed by atoms with Gasteiger partial charge in [0.2, 0.25) is 11.3 Å². The summed E-state index contributed by atoms with van der Waals surface area (Å²) in [6, 6.07) is 2.94. The maximum absolute atomic E-state index is 11.5. The summed E-state index contributed by atoms with van der Waals surface area (Å²) < 4.78 is 9.71. The fraction of sp³-hybridized carbons (Fsp3) is 0.417. The second-order valence-corrected chi connectivity index (χ2v) is 4.04. The molecule has 0 aliphatic carbocycles. The van der Waals surface area contributed by atoms with Gasteiger partial charge < -0.3 is 19.1 Å². The first-order valence-electron chi connectivity index (χ1n) is 5.59. The fourth-order valence-corrected chi connectivity index (χ4v) is 1.10. The average molecular weight is 269 g/mol. The van der Waals surface area contributed by atoms with Crippen LogP contribution in [0.1, 0.15) is 26.5 Å². The molecule has 19 heavy (non-hydrogen) atoms. The number of hydrogen-bond acceptors (Lipinski definition) is 6. The first-order valence-corrected chi connectivity index (χ1v) is 5.59. The molecule has 0 aliphatic heterocycles. The van der Waals surface area contributed by atoms with Gasteiger partial charge in [-0.2, -0.15) is 0 Å². The molecule has 7 nitrogen and oxygen atoms in total. The highest BCUT2D eigenvalue weighted by Crippen LogP contribution is 2.13. The predicted molar refractivity (Wildman–Crippen MR) is 64.7 cm³/mol.